The second-order valence-corrected chi connectivity index (χ2v) is 5.65. The van der Waals surface area contributed by atoms with Crippen LogP contribution in [0.25, 0.3) is 11.5 Å². The maximum Gasteiger partial charge on any atom is 0.249 e. The lowest BCUT2D eigenvalue weighted by molar-refractivity contribution is -0.133. The van der Waals surface area contributed by atoms with Crippen molar-refractivity contribution in [1.29, 1.82) is 0 Å². The molecule has 8 nitrogen and oxygen atoms in total. The lowest BCUT2D eigenvalue weighted by Gasteiger charge is -2.21. The summed E-state index contributed by atoms with van der Waals surface area (Å²) in [7, 11) is 0. The maximum absolute atomic E-state index is 12.5. The molecule has 0 N–H and O–H groups in total. The van der Waals surface area contributed by atoms with E-state index in [1.165, 1.54) is 0 Å². The van der Waals surface area contributed by atoms with E-state index >= 15 is 0 Å². The third kappa shape index (κ3) is 2.78. The average Bonchev–Trinajstić information content (AvgIpc) is 3.36. The first kappa shape index (κ1) is 14.6. The number of likely N-dealkylation sites (tertiary alicyclic amines) is 1. The van der Waals surface area contributed by atoms with E-state index in [2.05, 4.69) is 20.1 Å². The predicted molar refractivity (Wildman–Crippen MR) is 83.4 cm³/mol. The number of carbonyl (C=O) groups excluding carboxylic acids is 1. The van der Waals surface area contributed by atoms with Gasteiger partial charge in [0.15, 0.2) is 0 Å². The Labute approximate surface area is 138 Å². The Morgan fingerprint density at radius 1 is 1.33 bits per heavy atom. The molecule has 8 heteroatoms. The fourth-order valence-corrected chi connectivity index (χ4v) is 2.92. The Morgan fingerprint density at radius 3 is 3.08 bits per heavy atom. The van der Waals surface area contributed by atoms with E-state index < -0.39 is 0 Å². The van der Waals surface area contributed by atoms with Crippen LogP contribution in [-0.2, 0) is 11.3 Å². The van der Waals surface area contributed by atoms with Gasteiger partial charge in [-0.3, -0.25) is 9.78 Å². The van der Waals surface area contributed by atoms with Crippen LogP contribution >= 0.6 is 0 Å². The summed E-state index contributed by atoms with van der Waals surface area (Å²) in [6, 6.07) is 5.35. The van der Waals surface area contributed by atoms with Crippen molar-refractivity contribution in [1.82, 2.24) is 29.6 Å². The van der Waals surface area contributed by atoms with Crippen molar-refractivity contribution in [3.05, 3.63) is 49.0 Å². The smallest absolute Gasteiger partial charge is 0.249 e. The molecule has 1 aliphatic rings. The summed E-state index contributed by atoms with van der Waals surface area (Å²) >= 11 is 0. The van der Waals surface area contributed by atoms with E-state index in [1.54, 1.807) is 34.4 Å². The quantitative estimate of drug-likeness (QED) is 0.725. The number of carbonyl (C=O) groups is 1. The summed E-state index contributed by atoms with van der Waals surface area (Å²) in [6.45, 7) is 0.956. The van der Waals surface area contributed by atoms with Gasteiger partial charge in [-0.1, -0.05) is 11.2 Å². The molecule has 24 heavy (non-hydrogen) atoms. The van der Waals surface area contributed by atoms with Crippen LogP contribution in [0, 0.1) is 0 Å². The van der Waals surface area contributed by atoms with Gasteiger partial charge in [-0.25, -0.2) is 4.98 Å². The molecule has 1 atom stereocenters. The van der Waals surface area contributed by atoms with Crippen LogP contribution in [0.1, 0.15) is 24.8 Å². The van der Waals surface area contributed by atoms with Gasteiger partial charge in [-0.15, -0.1) is 0 Å². The van der Waals surface area contributed by atoms with E-state index in [0.717, 1.165) is 12.8 Å². The molecule has 0 aliphatic carbocycles. The van der Waals surface area contributed by atoms with E-state index in [0.29, 0.717) is 24.0 Å². The SMILES string of the molecule is O=C(Cn1ccnc1)N1CCCC1c1nc(-c2ccccn2)no1. The Kier molecular flexibility index (Phi) is 3.78. The van der Waals surface area contributed by atoms with Crippen molar-refractivity contribution in [3.63, 3.8) is 0 Å². The summed E-state index contributed by atoms with van der Waals surface area (Å²) in [5.74, 6) is 0.930. The second kappa shape index (κ2) is 6.23. The monoisotopic (exact) mass is 324 g/mol. The predicted octanol–water partition coefficient (Wildman–Crippen LogP) is 1.69. The van der Waals surface area contributed by atoms with E-state index in [9.17, 15) is 4.79 Å². The lowest BCUT2D eigenvalue weighted by atomic mass is 10.2. The number of pyridine rings is 1. The van der Waals surface area contributed by atoms with Crippen molar-refractivity contribution in [2.45, 2.75) is 25.4 Å². The summed E-state index contributed by atoms with van der Waals surface area (Å²) in [5, 5.41) is 4.00. The highest BCUT2D eigenvalue weighted by molar-refractivity contribution is 5.76. The molecule has 4 rings (SSSR count). The molecular weight excluding hydrogens is 308 g/mol. The molecular formula is C16H16N6O2. The van der Waals surface area contributed by atoms with Crippen LogP contribution in [0.3, 0.4) is 0 Å². The number of rotatable bonds is 4. The molecule has 3 aromatic heterocycles. The molecule has 4 heterocycles. The Morgan fingerprint density at radius 2 is 2.29 bits per heavy atom. The summed E-state index contributed by atoms with van der Waals surface area (Å²) in [4.78, 5) is 27.0. The first-order valence-electron chi connectivity index (χ1n) is 7.81. The van der Waals surface area contributed by atoms with Gasteiger partial charge in [0.25, 0.3) is 0 Å². The van der Waals surface area contributed by atoms with Gasteiger partial charge in [0.05, 0.1) is 6.33 Å². The maximum atomic E-state index is 12.5. The minimum Gasteiger partial charge on any atom is -0.337 e. The number of amides is 1. The van der Waals surface area contributed by atoms with Crippen molar-refractivity contribution in [2.24, 2.45) is 0 Å². The topological polar surface area (TPSA) is 89.9 Å². The summed E-state index contributed by atoms with van der Waals surface area (Å²) < 4.78 is 7.16. The molecule has 1 unspecified atom stereocenters. The standard InChI is InChI=1S/C16H16N6O2/c23-14(10-21-9-7-17-11-21)22-8-3-5-13(22)16-19-15(20-24-16)12-4-1-2-6-18-12/h1-2,4,6-7,9,11,13H,3,5,8,10H2. The molecule has 0 bridgehead atoms. The van der Waals surface area contributed by atoms with Crippen LogP contribution in [0.5, 0.6) is 0 Å². The third-order valence-corrected chi connectivity index (χ3v) is 4.07. The van der Waals surface area contributed by atoms with E-state index in [-0.39, 0.29) is 18.5 Å². The Bertz CT molecular complexity index is 814. The molecule has 3 aromatic rings. The minimum atomic E-state index is -0.175. The molecule has 1 fully saturated rings. The number of nitrogens with zero attached hydrogens (tertiary/aromatic N) is 6. The number of hydrogen-bond acceptors (Lipinski definition) is 6. The van der Waals surface area contributed by atoms with Crippen LogP contribution in [0.2, 0.25) is 0 Å². The largest absolute Gasteiger partial charge is 0.337 e. The van der Waals surface area contributed by atoms with Crippen molar-refractivity contribution >= 4 is 5.91 Å². The Balaban J connectivity index is 1.53. The van der Waals surface area contributed by atoms with Crippen LogP contribution in [0.4, 0.5) is 0 Å². The summed E-state index contributed by atoms with van der Waals surface area (Å²) in [6.07, 6.45) is 8.48. The highest BCUT2D eigenvalue weighted by Gasteiger charge is 2.34. The zero-order chi connectivity index (χ0) is 16.4. The van der Waals surface area contributed by atoms with Crippen molar-refractivity contribution < 1.29 is 9.32 Å². The number of aromatic nitrogens is 5. The highest BCUT2D eigenvalue weighted by Crippen LogP contribution is 2.32. The van der Waals surface area contributed by atoms with E-state index in [1.807, 2.05) is 18.2 Å². The molecule has 1 saturated heterocycles. The second-order valence-electron chi connectivity index (χ2n) is 5.65. The molecule has 0 saturated carbocycles. The van der Waals surface area contributed by atoms with Gasteiger partial charge >= 0.3 is 0 Å². The third-order valence-electron chi connectivity index (χ3n) is 4.07. The minimum absolute atomic E-state index is 0.0214. The number of imidazole rings is 1. The van der Waals surface area contributed by atoms with Gasteiger partial charge in [0.2, 0.25) is 17.6 Å². The van der Waals surface area contributed by atoms with Crippen LogP contribution in [-0.4, -0.2) is 42.0 Å². The first-order valence-corrected chi connectivity index (χ1v) is 7.81. The normalized spacial score (nSPS) is 17.3. The van der Waals surface area contributed by atoms with Crippen molar-refractivity contribution in [2.75, 3.05) is 6.54 Å². The Hall–Kier alpha value is -3.03. The molecule has 0 radical (unpaired) electrons. The lowest BCUT2D eigenvalue weighted by Crippen LogP contribution is -2.33. The first-order chi connectivity index (χ1) is 11.8. The highest BCUT2D eigenvalue weighted by atomic mass is 16.5. The van der Waals surface area contributed by atoms with Gasteiger partial charge in [0, 0.05) is 25.1 Å². The zero-order valence-corrected chi connectivity index (χ0v) is 12.9. The van der Waals surface area contributed by atoms with E-state index in [4.69, 9.17) is 4.52 Å². The molecule has 0 spiro atoms. The fourth-order valence-electron chi connectivity index (χ4n) is 2.92. The van der Waals surface area contributed by atoms with Crippen LogP contribution in [0.15, 0.2) is 47.6 Å². The van der Waals surface area contributed by atoms with Gasteiger partial charge < -0.3 is 14.0 Å². The van der Waals surface area contributed by atoms with Gasteiger partial charge in [0.1, 0.15) is 18.3 Å². The van der Waals surface area contributed by atoms with Gasteiger partial charge in [-0.2, -0.15) is 4.98 Å². The van der Waals surface area contributed by atoms with Crippen LogP contribution < -0.4 is 0 Å². The van der Waals surface area contributed by atoms with Crippen molar-refractivity contribution in [3.8, 4) is 11.5 Å². The molecule has 1 aliphatic heterocycles. The fraction of sp³-hybridized carbons (Fsp3) is 0.312. The molecule has 122 valence electrons. The average molecular weight is 324 g/mol. The molecule has 1 amide bonds. The zero-order valence-electron chi connectivity index (χ0n) is 12.9. The number of hydrogen-bond donors (Lipinski definition) is 0. The molecule has 0 aromatic carbocycles. The van der Waals surface area contributed by atoms with Gasteiger partial charge in [-0.05, 0) is 25.0 Å². The summed E-state index contributed by atoms with van der Waals surface area (Å²) in [5.41, 5.74) is 0.654.